The van der Waals surface area contributed by atoms with Crippen LogP contribution in [0.4, 0.5) is 14.6 Å². The third-order valence-electron chi connectivity index (χ3n) is 1.91. The number of rotatable bonds is 7. The second-order valence-electron chi connectivity index (χ2n) is 3.18. The number of pyridine rings is 1. The van der Waals surface area contributed by atoms with Crippen LogP contribution in [0.15, 0.2) is 6.07 Å². The fourth-order valence-electron chi connectivity index (χ4n) is 1.18. The van der Waals surface area contributed by atoms with Gasteiger partial charge in [-0.25, -0.2) is 8.78 Å². The summed E-state index contributed by atoms with van der Waals surface area (Å²) < 4.78 is 36.6. The molecule has 17 heavy (non-hydrogen) atoms. The van der Waals surface area contributed by atoms with E-state index < -0.39 is 11.6 Å². The van der Waals surface area contributed by atoms with Crippen molar-refractivity contribution in [3.05, 3.63) is 17.7 Å². The van der Waals surface area contributed by atoms with E-state index in [1.165, 1.54) is 0 Å². The number of nitrogens with zero attached hydrogens (tertiary/aromatic N) is 1. The quantitative estimate of drug-likeness (QED) is 0.749. The highest BCUT2D eigenvalue weighted by Crippen LogP contribution is 2.20. The Morgan fingerprint density at radius 1 is 1.24 bits per heavy atom. The van der Waals surface area contributed by atoms with E-state index in [4.69, 9.17) is 9.47 Å². The zero-order chi connectivity index (χ0) is 12.7. The molecular weight excluding hydrogens is 230 g/mol. The van der Waals surface area contributed by atoms with Gasteiger partial charge in [0.05, 0.1) is 6.61 Å². The summed E-state index contributed by atoms with van der Waals surface area (Å²) in [7, 11) is 0. The van der Waals surface area contributed by atoms with E-state index in [2.05, 4.69) is 10.3 Å². The molecule has 0 aromatic carbocycles. The lowest BCUT2D eigenvalue weighted by Crippen LogP contribution is -2.10. The van der Waals surface area contributed by atoms with Crippen LogP contribution in [-0.2, 0) is 4.74 Å². The second-order valence-corrected chi connectivity index (χ2v) is 3.18. The van der Waals surface area contributed by atoms with Crippen molar-refractivity contribution in [1.82, 2.24) is 4.98 Å². The van der Waals surface area contributed by atoms with Crippen molar-refractivity contribution in [3.8, 4) is 5.88 Å². The van der Waals surface area contributed by atoms with E-state index in [0.717, 1.165) is 6.07 Å². The van der Waals surface area contributed by atoms with Gasteiger partial charge in [-0.3, -0.25) is 0 Å². The summed E-state index contributed by atoms with van der Waals surface area (Å²) >= 11 is 0. The van der Waals surface area contributed by atoms with Crippen LogP contribution in [0.25, 0.3) is 0 Å². The van der Waals surface area contributed by atoms with Gasteiger partial charge < -0.3 is 14.8 Å². The zero-order valence-electron chi connectivity index (χ0n) is 9.93. The lowest BCUT2D eigenvalue weighted by atomic mass is 10.4. The Labute approximate surface area is 98.9 Å². The summed E-state index contributed by atoms with van der Waals surface area (Å²) in [5, 5.41) is 2.68. The average molecular weight is 246 g/mol. The van der Waals surface area contributed by atoms with Gasteiger partial charge in [0.15, 0.2) is 17.5 Å². The van der Waals surface area contributed by atoms with Gasteiger partial charge in [-0.2, -0.15) is 4.98 Å². The van der Waals surface area contributed by atoms with Crippen LogP contribution in [0.3, 0.4) is 0 Å². The first-order valence-corrected chi connectivity index (χ1v) is 5.49. The first-order chi connectivity index (χ1) is 8.19. The van der Waals surface area contributed by atoms with E-state index in [1.807, 2.05) is 6.92 Å². The van der Waals surface area contributed by atoms with Crippen molar-refractivity contribution in [1.29, 1.82) is 0 Å². The topological polar surface area (TPSA) is 43.4 Å². The van der Waals surface area contributed by atoms with Gasteiger partial charge in [0.2, 0.25) is 0 Å². The molecule has 4 nitrogen and oxygen atoms in total. The van der Waals surface area contributed by atoms with E-state index in [-0.39, 0.29) is 18.3 Å². The molecule has 0 saturated heterocycles. The van der Waals surface area contributed by atoms with Crippen molar-refractivity contribution in [2.75, 3.05) is 31.7 Å². The molecule has 0 spiro atoms. The minimum atomic E-state index is -0.819. The molecule has 0 aliphatic carbocycles. The van der Waals surface area contributed by atoms with Gasteiger partial charge in [-0.05, 0) is 13.8 Å². The number of aromatic nitrogens is 1. The molecule has 0 radical (unpaired) electrons. The van der Waals surface area contributed by atoms with Gasteiger partial charge in [-0.1, -0.05) is 0 Å². The Kier molecular flexibility index (Phi) is 5.62. The number of hydrogen-bond acceptors (Lipinski definition) is 4. The highest BCUT2D eigenvalue weighted by Gasteiger charge is 2.12. The maximum Gasteiger partial charge on any atom is 0.252 e. The Morgan fingerprint density at radius 3 is 2.65 bits per heavy atom. The molecule has 1 aromatic heterocycles. The molecule has 0 saturated carbocycles. The van der Waals surface area contributed by atoms with Gasteiger partial charge in [0, 0.05) is 19.2 Å². The fraction of sp³-hybridized carbons (Fsp3) is 0.545. The average Bonchev–Trinajstić information content (AvgIpc) is 2.30. The minimum absolute atomic E-state index is 0.0136. The van der Waals surface area contributed by atoms with Crippen molar-refractivity contribution < 1.29 is 18.3 Å². The molecule has 96 valence electrons. The van der Waals surface area contributed by atoms with E-state index in [9.17, 15) is 8.78 Å². The molecule has 0 amide bonds. The molecule has 0 aliphatic heterocycles. The highest BCUT2D eigenvalue weighted by molar-refractivity contribution is 5.39. The first-order valence-electron chi connectivity index (χ1n) is 5.49. The predicted molar refractivity (Wildman–Crippen MR) is 60.3 cm³/mol. The lowest BCUT2D eigenvalue weighted by Gasteiger charge is -2.09. The van der Waals surface area contributed by atoms with Crippen LogP contribution >= 0.6 is 0 Å². The second kappa shape index (κ2) is 7.01. The van der Waals surface area contributed by atoms with E-state index in [1.54, 1.807) is 6.92 Å². The molecule has 1 heterocycles. The summed E-state index contributed by atoms with van der Waals surface area (Å²) in [4.78, 5) is 3.72. The Morgan fingerprint density at radius 2 is 2.00 bits per heavy atom. The Hall–Kier alpha value is -1.43. The molecule has 0 bridgehead atoms. The number of ether oxygens (including phenoxy) is 2. The van der Waals surface area contributed by atoms with Crippen LogP contribution in [0, 0.1) is 11.6 Å². The van der Waals surface area contributed by atoms with Gasteiger partial charge >= 0.3 is 0 Å². The number of hydrogen-bond donors (Lipinski definition) is 1. The molecule has 0 atom stereocenters. The number of nitrogens with one attached hydrogen (secondary N) is 1. The predicted octanol–water partition coefficient (Wildman–Crippen LogP) is 2.21. The monoisotopic (exact) mass is 246 g/mol. The van der Waals surface area contributed by atoms with E-state index in [0.29, 0.717) is 19.8 Å². The maximum absolute atomic E-state index is 13.3. The smallest absolute Gasteiger partial charge is 0.252 e. The van der Waals surface area contributed by atoms with Gasteiger partial charge in [0.1, 0.15) is 6.61 Å². The van der Waals surface area contributed by atoms with Crippen molar-refractivity contribution in [2.24, 2.45) is 0 Å². The normalized spacial score (nSPS) is 10.4. The minimum Gasteiger partial charge on any atom is -0.473 e. The van der Waals surface area contributed by atoms with Crippen LogP contribution in [0.1, 0.15) is 13.8 Å². The zero-order valence-corrected chi connectivity index (χ0v) is 9.93. The maximum atomic E-state index is 13.3. The number of anilines is 1. The molecule has 0 fully saturated rings. The largest absolute Gasteiger partial charge is 0.473 e. The van der Waals surface area contributed by atoms with Crippen LogP contribution in [0.5, 0.6) is 5.88 Å². The summed E-state index contributed by atoms with van der Waals surface area (Å²) in [5.41, 5.74) is 0. The van der Waals surface area contributed by atoms with Crippen LogP contribution in [0.2, 0.25) is 0 Å². The first kappa shape index (κ1) is 13.6. The molecule has 6 heteroatoms. The van der Waals surface area contributed by atoms with Crippen molar-refractivity contribution in [3.63, 3.8) is 0 Å². The van der Waals surface area contributed by atoms with Crippen molar-refractivity contribution >= 4 is 5.82 Å². The summed E-state index contributed by atoms with van der Waals surface area (Å²) in [6.07, 6.45) is 0. The molecule has 0 unspecified atom stereocenters. The highest BCUT2D eigenvalue weighted by atomic mass is 19.1. The Balaban J connectivity index is 2.66. The van der Waals surface area contributed by atoms with Gasteiger partial charge in [0.25, 0.3) is 5.88 Å². The van der Waals surface area contributed by atoms with Crippen LogP contribution < -0.4 is 10.1 Å². The van der Waals surface area contributed by atoms with Crippen LogP contribution in [-0.4, -0.2) is 31.3 Å². The van der Waals surface area contributed by atoms with Crippen molar-refractivity contribution in [2.45, 2.75) is 13.8 Å². The summed E-state index contributed by atoms with van der Waals surface area (Å²) in [6, 6.07) is 0.751. The summed E-state index contributed by atoms with van der Waals surface area (Å²) in [5.74, 6) is -1.79. The molecular formula is C11H16F2N2O2. The molecule has 0 aliphatic rings. The Bertz CT molecular complexity index is 362. The van der Waals surface area contributed by atoms with E-state index >= 15 is 0 Å². The fourth-order valence-corrected chi connectivity index (χ4v) is 1.18. The molecule has 1 aromatic rings. The van der Waals surface area contributed by atoms with Gasteiger partial charge in [-0.15, -0.1) is 0 Å². The molecule has 1 rings (SSSR count). The third kappa shape index (κ3) is 4.14. The molecule has 1 N–H and O–H groups in total. The lowest BCUT2D eigenvalue weighted by molar-refractivity contribution is 0.106. The number of halogens is 2. The third-order valence-corrected chi connectivity index (χ3v) is 1.91. The summed E-state index contributed by atoms with van der Waals surface area (Å²) in [6.45, 7) is 5.21. The standard InChI is InChI=1S/C11H16F2N2O2/c1-3-14-10-8(12)7-9(13)11(15-10)17-6-5-16-4-2/h7H,3-6H2,1-2H3,(H,14,15). The SMILES string of the molecule is CCNc1nc(OCCOCC)c(F)cc1F.